The fourth-order valence-electron chi connectivity index (χ4n) is 2.26. The van der Waals surface area contributed by atoms with E-state index < -0.39 is 0 Å². The van der Waals surface area contributed by atoms with Crippen LogP contribution in [0.4, 0.5) is 0 Å². The van der Waals surface area contributed by atoms with Gasteiger partial charge in [0.25, 0.3) is 0 Å². The topological polar surface area (TPSA) is 38.3 Å². The van der Waals surface area contributed by atoms with Gasteiger partial charge in [0.15, 0.2) is 0 Å². The number of nitrogens with one attached hydrogen (secondary N) is 1. The maximum Gasteiger partial charge on any atom is 0.309 e. The predicted molar refractivity (Wildman–Crippen MR) is 73.9 cm³/mol. The van der Waals surface area contributed by atoms with Gasteiger partial charge in [0.1, 0.15) is 0 Å². The van der Waals surface area contributed by atoms with Crippen LogP contribution >= 0.6 is 0 Å². The average molecular weight is 251 g/mol. The molecule has 0 aromatic carbocycles. The maximum absolute atomic E-state index is 11.6. The molecule has 0 aliphatic heterocycles. The van der Waals surface area contributed by atoms with E-state index in [1.807, 2.05) is 0 Å². The van der Waals surface area contributed by atoms with Crippen LogP contribution in [0.5, 0.6) is 0 Å². The van der Waals surface area contributed by atoms with E-state index in [2.05, 4.69) is 25.7 Å². The Kier molecular flexibility index (Phi) is 5.96. The third-order valence-corrected chi connectivity index (χ3v) is 3.53. The quantitative estimate of drug-likeness (QED) is 0.734. The first-order chi connectivity index (χ1) is 8.58. The average Bonchev–Trinajstić information content (AvgIpc) is 2.38. The van der Waals surface area contributed by atoms with E-state index in [0.29, 0.717) is 0 Å². The van der Waals surface area contributed by atoms with Gasteiger partial charge in [-0.15, -0.1) is 0 Å². The van der Waals surface area contributed by atoms with Gasteiger partial charge in [-0.3, -0.25) is 4.79 Å². The fourth-order valence-corrected chi connectivity index (χ4v) is 2.26. The van der Waals surface area contributed by atoms with E-state index in [1.54, 1.807) is 0 Å². The molecule has 1 aliphatic rings. The lowest BCUT2D eigenvalue weighted by atomic mass is 9.87. The van der Waals surface area contributed by atoms with Crippen molar-refractivity contribution < 1.29 is 9.53 Å². The molecule has 0 heterocycles. The van der Waals surface area contributed by atoms with Crippen molar-refractivity contribution >= 4 is 5.97 Å². The van der Waals surface area contributed by atoms with Crippen LogP contribution in [-0.4, -0.2) is 13.1 Å². The molecular weight excluding hydrogens is 226 g/mol. The number of rotatable bonds is 6. The summed E-state index contributed by atoms with van der Waals surface area (Å²) in [5.41, 5.74) is 3.56. The molecular formula is C15H25NO2. The van der Waals surface area contributed by atoms with Crippen molar-refractivity contribution in [2.75, 3.05) is 7.11 Å². The molecule has 18 heavy (non-hydrogen) atoms. The normalized spacial score (nSPS) is 19.6. The van der Waals surface area contributed by atoms with Crippen LogP contribution in [0.15, 0.2) is 23.5 Å². The molecule has 0 aromatic rings. The molecule has 1 rings (SSSR count). The smallest absolute Gasteiger partial charge is 0.309 e. The molecule has 0 radical (unpaired) electrons. The first-order valence-corrected chi connectivity index (χ1v) is 6.79. The first kappa shape index (κ1) is 14.8. The van der Waals surface area contributed by atoms with E-state index in [1.165, 1.54) is 19.1 Å². The molecule has 3 heteroatoms. The Morgan fingerprint density at radius 3 is 2.89 bits per heavy atom. The summed E-state index contributed by atoms with van der Waals surface area (Å²) in [6, 6.07) is 0. The molecule has 0 bridgehead atoms. The van der Waals surface area contributed by atoms with Gasteiger partial charge in [0.05, 0.1) is 13.0 Å². The Hall–Kier alpha value is -1.25. The summed E-state index contributed by atoms with van der Waals surface area (Å²) in [5, 5.41) is 3.39. The number of unbranched alkanes of at least 4 members (excludes halogenated alkanes) is 1. The maximum atomic E-state index is 11.6. The van der Waals surface area contributed by atoms with E-state index in [4.69, 9.17) is 4.74 Å². The zero-order valence-electron chi connectivity index (χ0n) is 11.8. The Labute approximate surface area is 110 Å². The number of esters is 1. The Morgan fingerprint density at radius 2 is 2.28 bits per heavy atom. The van der Waals surface area contributed by atoms with Gasteiger partial charge in [0, 0.05) is 17.8 Å². The number of carbonyl (C=O) groups is 1. The largest absolute Gasteiger partial charge is 0.469 e. The second-order valence-electron chi connectivity index (χ2n) is 5.05. The Bertz CT molecular complexity index is 344. The summed E-state index contributed by atoms with van der Waals surface area (Å²) in [4.78, 5) is 11.6. The SMILES string of the molecule is C=C(CCCC)NC1=C(C)CCC(C(=O)OC)C1. The van der Waals surface area contributed by atoms with Gasteiger partial charge in [-0.2, -0.15) is 0 Å². The molecule has 1 aliphatic carbocycles. The second-order valence-corrected chi connectivity index (χ2v) is 5.05. The number of hydrogen-bond donors (Lipinski definition) is 1. The summed E-state index contributed by atoms with van der Waals surface area (Å²) in [5.74, 6) is -0.0962. The number of ether oxygens (including phenoxy) is 1. The molecule has 102 valence electrons. The number of carbonyl (C=O) groups excluding carboxylic acids is 1. The van der Waals surface area contributed by atoms with Crippen molar-refractivity contribution in [2.45, 2.75) is 52.4 Å². The van der Waals surface area contributed by atoms with Crippen LogP contribution < -0.4 is 5.32 Å². The van der Waals surface area contributed by atoms with E-state index in [9.17, 15) is 4.79 Å². The first-order valence-electron chi connectivity index (χ1n) is 6.79. The fraction of sp³-hybridized carbons (Fsp3) is 0.667. The highest BCUT2D eigenvalue weighted by molar-refractivity contribution is 5.73. The highest BCUT2D eigenvalue weighted by Crippen LogP contribution is 2.29. The highest BCUT2D eigenvalue weighted by Gasteiger charge is 2.25. The van der Waals surface area contributed by atoms with Crippen LogP contribution in [0.1, 0.15) is 52.4 Å². The summed E-state index contributed by atoms with van der Waals surface area (Å²) in [6.07, 6.45) is 5.93. The summed E-state index contributed by atoms with van der Waals surface area (Å²) >= 11 is 0. The van der Waals surface area contributed by atoms with Crippen LogP contribution in [0.2, 0.25) is 0 Å². The van der Waals surface area contributed by atoms with Crippen molar-refractivity contribution in [1.82, 2.24) is 5.32 Å². The monoisotopic (exact) mass is 251 g/mol. The van der Waals surface area contributed by atoms with E-state index in [-0.39, 0.29) is 11.9 Å². The van der Waals surface area contributed by atoms with Gasteiger partial charge in [0.2, 0.25) is 0 Å². The van der Waals surface area contributed by atoms with Crippen LogP contribution in [-0.2, 0) is 9.53 Å². The predicted octanol–water partition coefficient (Wildman–Crippen LogP) is 3.53. The van der Waals surface area contributed by atoms with Gasteiger partial charge in [-0.1, -0.05) is 25.5 Å². The second kappa shape index (κ2) is 7.24. The van der Waals surface area contributed by atoms with Crippen molar-refractivity contribution in [2.24, 2.45) is 5.92 Å². The van der Waals surface area contributed by atoms with Crippen LogP contribution in [0.3, 0.4) is 0 Å². The van der Waals surface area contributed by atoms with Crippen molar-refractivity contribution in [1.29, 1.82) is 0 Å². The minimum Gasteiger partial charge on any atom is -0.469 e. The molecule has 0 saturated heterocycles. The standard InChI is InChI=1S/C15H25NO2/c1-5-6-7-12(3)16-14-10-13(15(17)18-4)9-8-11(14)2/h13,16H,3,5-10H2,1-2,4H3. The minimum absolute atomic E-state index is 0.000162. The lowest BCUT2D eigenvalue weighted by Crippen LogP contribution is -2.26. The third kappa shape index (κ3) is 4.21. The molecule has 0 aromatic heterocycles. The highest BCUT2D eigenvalue weighted by atomic mass is 16.5. The number of allylic oxidation sites excluding steroid dienone is 3. The lowest BCUT2D eigenvalue weighted by molar-refractivity contribution is -0.145. The van der Waals surface area contributed by atoms with Crippen molar-refractivity contribution in [3.8, 4) is 0 Å². The molecule has 1 atom stereocenters. The molecule has 1 unspecified atom stereocenters. The molecule has 3 nitrogen and oxygen atoms in total. The van der Waals surface area contributed by atoms with E-state index in [0.717, 1.165) is 43.5 Å². The van der Waals surface area contributed by atoms with Crippen LogP contribution in [0.25, 0.3) is 0 Å². The molecule has 0 fully saturated rings. The van der Waals surface area contributed by atoms with Crippen LogP contribution in [0, 0.1) is 5.92 Å². The summed E-state index contributed by atoms with van der Waals surface area (Å²) in [6.45, 7) is 8.35. The van der Waals surface area contributed by atoms with Gasteiger partial charge in [-0.25, -0.2) is 0 Å². The molecule has 0 spiro atoms. The number of methoxy groups -OCH3 is 1. The Balaban J connectivity index is 2.57. The number of hydrogen-bond acceptors (Lipinski definition) is 3. The molecule has 0 amide bonds. The summed E-state index contributed by atoms with van der Waals surface area (Å²) < 4.78 is 4.83. The molecule has 0 saturated carbocycles. The molecule has 1 N–H and O–H groups in total. The zero-order chi connectivity index (χ0) is 13.5. The Morgan fingerprint density at radius 1 is 1.56 bits per heavy atom. The lowest BCUT2D eigenvalue weighted by Gasteiger charge is -2.25. The zero-order valence-corrected chi connectivity index (χ0v) is 11.8. The van der Waals surface area contributed by atoms with Crippen molar-refractivity contribution in [3.63, 3.8) is 0 Å². The van der Waals surface area contributed by atoms with Gasteiger partial charge < -0.3 is 10.1 Å². The van der Waals surface area contributed by atoms with E-state index >= 15 is 0 Å². The van der Waals surface area contributed by atoms with Crippen molar-refractivity contribution in [3.05, 3.63) is 23.5 Å². The van der Waals surface area contributed by atoms with Gasteiger partial charge >= 0.3 is 5.97 Å². The summed E-state index contributed by atoms with van der Waals surface area (Å²) in [7, 11) is 1.46. The van der Waals surface area contributed by atoms with Gasteiger partial charge in [-0.05, 0) is 32.6 Å². The third-order valence-electron chi connectivity index (χ3n) is 3.53. The minimum atomic E-state index is -0.0963.